The predicted molar refractivity (Wildman–Crippen MR) is 89.2 cm³/mol. The predicted octanol–water partition coefficient (Wildman–Crippen LogP) is 4.00. The standard InChI is InChI=1S/C19H17NO3/c1-13-4-2-3-5-17(13)19(22)20-15-8-6-14(7-9-15)18-11-10-16(12-21)23-18/h2-11,21H,12H2,1H3,(H,20,22). The lowest BCUT2D eigenvalue weighted by Gasteiger charge is -2.08. The Hall–Kier alpha value is -2.85. The van der Waals surface area contributed by atoms with Crippen LogP contribution in [0.2, 0.25) is 0 Å². The number of carbonyl (C=O) groups excluding carboxylic acids is 1. The molecule has 116 valence electrons. The van der Waals surface area contributed by atoms with Gasteiger partial charge in [0.25, 0.3) is 5.91 Å². The normalized spacial score (nSPS) is 10.5. The third kappa shape index (κ3) is 3.33. The van der Waals surface area contributed by atoms with E-state index < -0.39 is 0 Å². The summed E-state index contributed by atoms with van der Waals surface area (Å²) in [5.74, 6) is 1.08. The van der Waals surface area contributed by atoms with Crippen LogP contribution in [0.5, 0.6) is 0 Å². The van der Waals surface area contributed by atoms with Gasteiger partial charge in [-0.1, -0.05) is 18.2 Å². The van der Waals surface area contributed by atoms with E-state index in [1.165, 1.54) is 0 Å². The van der Waals surface area contributed by atoms with Crippen molar-refractivity contribution in [1.82, 2.24) is 0 Å². The molecule has 4 nitrogen and oxygen atoms in total. The van der Waals surface area contributed by atoms with Gasteiger partial charge < -0.3 is 14.8 Å². The second-order valence-electron chi connectivity index (χ2n) is 5.27. The molecule has 0 aliphatic heterocycles. The van der Waals surface area contributed by atoms with Crippen molar-refractivity contribution in [2.75, 3.05) is 5.32 Å². The fourth-order valence-corrected chi connectivity index (χ4v) is 2.36. The van der Waals surface area contributed by atoms with Crippen molar-refractivity contribution >= 4 is 11.6 Å². The quantitative estimate of drug-likeness (QED) is 0.766. The van der Waals surface area contributed by atoms with Gasteiger partial charge in [-0.25, -0.2) is 0 Å². The van der Waals surface area contributed by atoms with Crippen LogP contribution in [0.1, 0.15) is 21.7 Å². The molecule has 0 spiro atoms. The van der Waals surface area contributed by atoms with Crippen LogP contribution in [0.3, 0.4) is 0 Å². The minimum Gasteiger partial charge on any atom is -0.459 e. The number of carbonyl (C=O) groups is 1. The van der Waals surface area contributed by atoms with E-state index in [0.29, 0.717) is 17.1 Å². The summed E-state index contributed by atoms with van der Waals surface area (Å²) >= 11 is 0. The molecule has 0 atom stereocenters. The highest BCUT2D eigenvalue weighted by atomic mass is 16.4. The molecule has 3 aromatic rings. The van der Waals surface area contributed by atoms with E-state index in [0.717, 1.165) is 16.8 Å². The van der Waals surface area contributed by atoms with Crippen LogP contribution < -0.4 is 5.32 Å². The molecule has 1 amide bonds. The SMILES string of the molecule is Cc1ccccc1C(=O)Nc1ccc(-c2ccc(CO)o2)cc1. The summed E-state index contributed by atoms with van der Waals surface area (Å²) in [5.41, 5.74) is 3.21. The highest BCUT2D eigenvalue weighted by Gasteiger charge is 2.09. The van der Waals surface area contributed by atoms with Gasteiger partial charge in [0.15, 0.2) is 0 Å². The summed E-state index contributed by atoms with van der Waals surface area (Å²) < 4.78 is 5.49. The first-order chi connectivity index (χ1) is 11.2. The van der Waals surface area contributed by atoms with Crippen LogP contribution >= 0.6 is 0 Å². The number of rotatable bonds is 4. The number of anilines is 1. The van der Waals surface area contributed by atoms with Crippen molar-refractivity contribution in [2.24, 2.45) is 0 Å². The first-order valence-electron chi connectivity index (χ1n) is 7.34. The smallest absolute Gasteiger partial charge is 0.255 e. The minimum absolute atomic E-state index is 0.120. The van der Waals surface area contributed by atoms with Gasteiger partial charge in [0.05, 0.1) is 0 Å². The molecule has 2 N–H and O–H groups in total. The van der Waals surface area contributed by atoms with E-state index in [1.54, 1.807) is 12.1 Å². The maximum Gasteiger partial charge on any atom is 0.255 e. The molecule has 4 heteroatoms. The Balaban J connectivity index is 1.75. The molecule has 0 radical (unpaired) electrons. The number of benzene rings is 2. The maximum absolute atomic E-state index is 12.3. The molecule has 0 aliphatic rings. The molecule has 0 aliphatic carbocycles. The van der Waals surface area contributed by atoms with Gasteiger partial charge in [0.2, 0.25) is 0 Å². The van der Waals surface area contributed by atoms with E-state index in [4.69, 9.17) is 9.52 Å². The maximum atomic E-state index is 12.3. The lowest BCUT2D eigenvalue weighted by atomic mass is 10.1. The Morgan fingerprint density at radius 3 is 2.43 bits per heavy atom. The highest BCUT2D eigenvalue weighted by molar-refractivity contribution is 6.05. The van der Waals surface area contributed by atoms with Crippen LogP contribution in [0.4, 0.5) is 5.69 Å². The highest BCUT2D eigenvalue weighted by Crippen LogP contribution is 2.24. The molecule has 23 heavy (non-hydrogen) atoms. The van der Waals surface area contributed by atoms with Crippen molar-refractivity contribution in [3.8, 4) is 11.3 Å². The van der Waals surface area contributed by atoms with Crippen molar-refractivity contribution in [1.29, 1.82) is 0 Å². The van der Waals surface area contributed by atoms with Crippen LogP contribution in [0.25, 0.3) is 11.3 Å². The zero-order valence-corrected chi connectivity index (χ0v) is 12.7. The molecular weight excluding hydrogens is 290 g/mol. The van der Waals surface area contributed by atoms with Crippen LogP contribution in [-0.4, -0.2) is 11.0 Å². The third-order valence-corrected chi connectivity index (χ3v) is 3.63. The molecule has 1 heterocycles. The molecule has 3 rings (SSSR count). The zero-order chi connectivity index (χ0) is 16.2. The number of aryl methyl sites for hydroxylation is 1. The van der Waals surface area contributed by atoms with E-state index >= 15 is 0 Å². The van der Waals surface area contributed by atoms with Crippen molar-refractivity contribution in [3.05, 3.63) is 77.6 Å². The van der Waals surface area contributed by atoms with Gasteiger partial charge in [-0.15, -0.1) is 0 Å². The van der Waals surface area contributed by atoms with Gasteiger partial charge in [0.1, 0.15) is 18.1 Å². The van der Waals surface area contributed by atoms with Gasteiger partial charge in [0, 0.05) is 16.8 Å². The second kappa shape index (κ2) is 6.50. The summed E-state index contributed by atoms with van der Waals surface area (Å²) in [4.78, 5) is 12.3. The first-order valence-corrected chi connectivity index (χ1v) is 7.34. The van der Waals surface area contributed by atoms with Gasteiger partial charge in [-0.05, 0) is 55.0 Å². The van der Waals surface area contributed by atoms with Crippen molar-refractivity contribution in [3.63, 3.8) is 0 Å². The number of hydrogen-bond donors (Lipinski definition) is 2. The fraction of sp³-hybridized carbons (Fsp3) is 0.105. The molecule has 1 aromatic heterocycles. The number of aliphatic hydroxyl groups is 1. The summed E-state index contributed by atoms with van der Waals surface area (Å²) in [6, 6.07) is 18.4. The third-order valence-electron chi connectivity index (χ3n) is 3.63. The number of amides is 1. The minimum atomic E-state index is -0.128. The lowest BCUT2D eigenvalue weighted by molar-refractivity contribution is 0.102. The molecule has 0 saturated carbocycles. The number of furan rings is 1. The van der Waals surface area contributed by atoms with Crippen LogP contribution in [-0.2, 0) is 6.61 Å². The van der Waals surface area contributed by atoms with E-state index in [-0.39, 0.29) is 12.5 Å². The fourth-order valence-electron chi connectivity index (χ4n) is 2.36. The number of hydrogen-bond acceptors (Lipinski definition) is 3. The van der Waals surface area contributed by atoms with Crippen molar-refractivity contribution < 1.29 is 14.3 Å². The van der Waals surface area contributed by atoms with E-state index in [2.05, 4.69) is 5.32 Å². The zero-order valence-electron chi connectivity index (χ0n) is 12.7. The summed E-state index contributed by atoms with van der Waals surface area (Å²) in [6.07, 6.45) is 0. The number of aliphatic hydroxyl groups excluding tert-OH is 1. The van der Waals surface area contributed by atoms with Crippen LogP contribution in [0.15, 0.2) is 65.1 Å². The molecule has 0 unspecified atom stereocenters. The number of nitrogens with one attached hydrogen (secondary N) is 1. The van der Waals surface area contributed by atoms with Crippen molar-refractivity contribution in [2.45, 2.75) is 13.5 Å². The van der Waals surface area contributed by atoms with E-state index in [9.17, 15) is 4.79 Å². The largest absolute Gasteiger partial charge is 0.459 e. The topological polar surface area (TPSA) is 62.5 Å². The van der Waals surface area contributed by atoms with Crippen LogP contribution in [0, 0.1) is 6.92 Å². The molecule has 2 aromatic carbocycles. The Labute approximate surface area is 134 Å². The molecule has 0 fully saturated rings. The monoisotopic (exact) mass is 307 g/mol. The summed E-state index contributed by atoms with van der Waals surface area (Å²) in [6.45, 7) is 1.79. The molecule has 0 bridgehead atoms. The average molecular weight is 307 g/mol. The Morgan fingerprint density at radius 2 is 1.78 bits per heavy atom. The van der Waals surface area contributed by atoms with Gasteiger partial charge >= 0.3 is 0 Å². The van der Waals surface area contributed by atoms with E-state index in [1.807, 2.05) is 55.5 Å². The molecular formula is C19H17NO3. The Kier molecular flexibility index (Phi) is 4.26. The molecule has 0 saturated heterocycles. The van der Waals surface area contributed by atoms with Gasteiger partial charge in [-0.2, -0.15) is 0 Å². The van der Waals surface area contributed by atoms with Gasteiger partial charge in [-0.3, -0.25) is 4.79 Å². The lowest BCUT2D eigenvalue weighted by Crippen LogP contribution is -2.13. The average Bonchev–Trinajstić information content (AvgIpc) is 3.05. The second-order valence-corrected chi connectivity index (χ2v) is 5.27. The first kappa shape index (κ1) is 15.1. The Morgan fingerprint density at radius 1 is 1.04 bits per heavy atom. The summed E-state index contributed by atoms with van der Waals surface area (Å²) in [7, 11) is 0. The summed E-state index contributed by atoms with van der Waals surface area (Å²) in [5, 5.41) is 11.9. The Bertz CT molecular complexity index is 819.